The van der Waals surface area contributed by atoms with Crippen LogP contribution in [0.1, 0.15) is 94.4 Å². The minimum atomic E-state index is -0.490. The summed E-state index contributed by atoms with van der Waals surface area (Å²) in [5, 5.41) is 8.77. The highest BCUT2D eigenvalue weighted by Crippen LogP contribution is 2.21. The van der Waals surface area contributed by atoms with E-state index in [4.69, 9.17) is 4.74 Å². The zero-order valence-electron chi connectivity index (χ0n) is 24.9. The molecule has 10 heteroatoms. The van der Waals surface area contributed by atoms with Crippen LogP contribution in [0.3, 0.4) is 0 Å². The second-order valence-corrected chi connectivity index (χ2v) is 15.2. The van der Waals surface area contributed by atoms with Crippen molar-refractivity contribution in [1.29, 1.82) is 0 Å². The molecular weight excluding hydrogens is 508 g/mol. The van der Waals surface area contributed by atoms with Crippen molar-refractivity contribution in [3.8, 4) is 0 Å². The third kappa shape index (κ3) is 23.7. The Morgan fingerprint density at radius 1 is 0.703 bits per heavy atom. The number of unbranched alkanes of at least 4 members (excludes halogenated alkanes) is 1. The molecule has 0 atom stereocenters. The molecule has 0 unspecified atom stereocenters. The summed E-state index contributed by atoms with van der Waals surface area (Å²) < 4.78 is 5.25. The molecule has 0 aromatic heterocycles. The first-order valence-corrected chi connectivity index (χ1v) is 16.0. The molecule has 0 aliphatic carbocycles. The molecule has 0 aliphatic rings. The molecule has 0 radical (unpaired) electrons. The van der Waals surface area contributed by atoms with Gasteiger partial charge in [-0.1, -0.05) is 42.4 Å². The van der Waals surface area contributed by atoms with E-state index in [0.717, 1.165) is 37.3 Å². The molecule has 8 nitrogen and oxygen atoms in total. The van der Waals surface area contributed by atoms with Gasteiger partial charge >= 0.3 is 6.09 Å². The molecule has 0 fully saturated rings. The lowest BCUT2D eigenvalue weighted by atomic mass is 9.90. The van der Waals surface area contributed by atoms with E-state index in [-0.39, 0.29) is 28.9 Å². The van der Waals surface area contributed by atoms with E-state index in [0.29, 0.717) is 39.0 Å². The lowest BCUT2D eigenvalue weighted by molar-refractivity contribution is -0.122. The lowest BCUT2D eigenvalue weighted by Crippen LogP contribution is -2.44. The first-order chi connectivity index (χ1) is 17.0. The fourth-order valence-corrected chi connectivity index (χ4v) is 5.01. The Labute approximate surface area is 234 Å². The highest BCUT2D eigenvalue weighted by Gasteiger charge is 2.21. The number of carbonyl (C=O) groups is 3. The number of nitrogens with zero attached hydrogens (tertiary/aromatic N) is 1. The summed E-state index contributed by atoms with van der Waals surface area (Å²) in [6.07, 6.45) is 3.33. The largest absolute Gasteiger partial charge is 0.444 e. The number of nitrogens with one attached hydrogen (secondary N) is 3. The first kappa shape index (κ1) is 35.9. The fourth-order valence-electron chi connectivity index (χ4n) is 3.20. The second kappa shape index (κ2) is 18.2. The Morgan fingerprint density at radius 3 is 1.73 bits per heavy atom. The first-order valence-electron chi connectivity index (χ1n) is 13.5. The third-order valence-electron chi connectivity index (χ3n) is 5.28. The van der Waals surface area contributed by atoms with Gasteiger partial charge in [0.05, 0.1) is 0 Å². The summed E-state index contributed by atoms with van der Waals surface area (Å²) in [7, 11) is 3.43. The molecule has 218 valence electrons. The number of rotatable bonds is 17. The molecule has 37 heavy (non-hydrogen) atoms. The van der Waals surface area contributed by atoms with E-state index in [9.17, 15) is 14.4 Å². The van der Waals surface area contributed by atoms with E-state index in [2.05, 4.69) is 62.4 Å². The van der Waals surface area contributed by atoms with E-state index in [1.165, 1.54) is 0 Å². The normalized spacial score (nSPS) is 12.4. The number of amides is 3. The zero-order chi connectivity index (χ0) is 28.5. The Hall–Kier alpha value is -1.13. The van der Waals surface area contributed by atoms with E-state index >= 15 is 0 Å². The van der Waals surface area contributed by atoms with Crippen molar-refractivity contribution in [2.45, 2.75) is 106 Å². The average molecular weight is 563 g/mol. The predicted octanol–water partition coefficient (Wildman–Crippen LogP) is 5.22. The van der Waals surface area contributed by atoms with Crippen LogP contribution < -0.4 is 16.0 Å². The smallest absolute Gasteiger partial charge is 0.407 e. The van der Waals surface area contributed by atoms with Gasteiger partial charge in [0.2, 0.25) is 11.8 Å². The molecule has 0 saturated heterocycles. The van der Waals surface area contributed by atoms with Crippen LogP contribution >= 0.6 is 21.6 Å². The molecule has 0 saturated carbocycles. The maximum Gasteiger partial charge on any atom is 0.407 e. The monoisotopic (exact) mass is 562 g/mol. The average Bonchev–Trinajstić information content (AvgIpc) is 2.73. The van der Waals surface area contributed by atoms with Crippen LogP contribution in [0.4, 0.5) is 4.79 Å². The molecule has 0 aliphatic heterocycles. The Balaban J connectivity index is 3.94. The van der Waals surface area contributed by atoms with Gasteiger partial charge in [-0.25, -0.2) is 4.79 Å². The van der Waals surface area contributed by atoms with Gasteiger partial charge in [0, 0.05) is 56.1 Å². The minimum absolute atomic E-state index is 0.0342. The van der Waals surface area contributed by atoms with Gasteiger partial charge in [-0.05, 0) is 72.8 Å². The Morgan fingerprint density at radius 2 is 1.24 bits per heavy atom. The summed E-state index contributed by atoms with van der Waals surface area (Å²) in [4.78, 5) is 38.2. The molecule has 0 rings (SSSR count). The van der Waals surface area contributed by atoms with Crippen LogP contribution in [-0.2, 0) is 14.3 Å². The highest BCUT2D eigenvalue weighted by molar-refractivity contribution is 8.76. The van der Waals surface area contributed by atoms with Crippen LogP contribution in [-0.4, -0.2) is 78.2 Å². The summed E-state index contributed by atoms with van der Waals surface area (Å²) in [5.41, 5.74) is -0.344. The van der Waals surface area contributed by atoms with Crippen molar-refractivity contribution in [3.05, 3.63) is 0 Å². The number of hydrogen-bond acceptors (Lipinski definition) is 7. The van der Waals surface area contributed by atoms with Gasteiger partial charge in [0.15, 0.2) is 0 Å². The van der Waals surface area contributed by atoms with Crippen molar-refractivity contribution in [1.82, 2.24) is 20.9 Å². The molecule has 0 bridgehead atoms. The molecular formula is C27H54N4O4S2. The fraction of sp³-hybridized carbons (Fsp3) is 0.889. The summed E-state index contributed by atoms with van der Waals surface area (Å²) >= 11 is 0. The maximum absolute atomic E-state index is 12.3. The van der Waals surface area contributed by atoms with Gasteiger partial charge in [0.25, 0.3) is 0 Å². The molecule has 0 heterocycles. The maximum atomic E-state index is 12.3. The Kier molecular flexibility index (Phi) is 17.7. The highest BCUT2D eigenvalue weighted by atomic mass is 33.1. The predicted molar refractivity (Wildman–Crippen MR) is 159 cm³/mol. The van der Waals surface area contributed by atoms with Gasteiger partial charge < -0.3 is 20.7 Å². The van der Waals surface area contributed by atoms with Crippen LogP contribution in [0.25, 0.3) is 0 Å². The van der Waals surface area contributed by atoms with Crippen molar-refractivity contribution in [3.63, 3.8) is 0 Å². The van der Waals surface area contributed by atoms with E-state index in [1.54, 1.807) is 21.6 Å². The van der Waals surface area contributed by atoms with Gasteiger partial charge in [0.1, 0.15) is 5.60 Å². The van der Waals surface area contributed by atoms with Crippen molar-refractivity contribution < 1.29 is 19.1 Å². The van der Waals surface area contributed by atoms with E-state index < -0.39 is 5.60 Å². The number of ether oxygens (including phenoxy) is 1. The SMILES string of the molecule is CC(C)(C)CCC(=O)NCCSSCCNC(=O)CCN(CCCCNC(=O)OC(C)(C)C)C(C)(C)C. The van der Waals surface area contributed by atoms with E-state index in [1.807, 2.05) is 20.8 Å². The number of hydrogen-bond donors (Lipinski definition) is 3. The lowest BCUT2D eigenvalue weighted by Gasteiger charge is -2.35. The molecule has 0 spiro atoms. The molecule has 0 aromatic rings. The van der Waals surface area contributed by atoms with Crippen molar-refractivity contribution >= 4 is 39.5 Å². The van der Waals surface area contributed by atoms with Gasteiger partial charge in [-0.15, -0.1) is 0 Å². The quantitative estimate of drug-likeness (QED) is 0.165. The second-order valence-electron chi connectivity index (χ2n) is 12.4. The van der Waals surface area contributed by atoms with Gasteiger partial charge in [-0.2, -0.15) is 0 Å². The third-order valence-corrected chi connectivity index (χ3v) is 7.69. The van der Waals surface area contributed by atoms with Crippen LogP contribution in [0, 0.1) is 5.41 Å². The zero-order valence-corrected chi connectivity index (χ0v) is 26.5. The standard InChI is InChI=1S/C27H54N4O4S2/c1-25(2,3)14-12-22(32)28-16-20-36-37-21-17-29-23(33)13-19-31(26(4,5)6)18-11-10-15-30-24(34)35-27(7,8)9/h10-21H2,1-9H3,(H,28,32)(H,29,33)(H,30,34). The number of alkyl carbamates (subject to hydrolysis) is 1. The summed E-state index contributed by atoms with van der Waals surface area (Å²) in [6, 6.07) is 0. The molecule has 3 N–H and O–H groups in total. The number of carbonyl (C=O) groups excluding carboxylic acids is 3. The molecule has 3 amide bonds. The minimum Gasteiger partial charge on any atom is -0.444 e. The van der Waals surface area contributed by atoms with Crippen molar-refractivity contribution in [2.75, 3.05) is 44.2 Å². The van der Waals surface area contributed by atoms with Crippen LogP contribution in [0.2, 0.25) is 0 Å². The van der Waals surface area contributed by atoms with Crippen molar-refractivity contribution in [2.24, 2.45) is 5.41 Å². The van der Waals surface area contributed by atoms with Crippen LogP contribution in [0.5, 0.6) is 0 Å². The summed E-state index contributed by atoms with van der Waals surface area (Å²) in [5.74, 6) is 1.88. The Bertz CT molecular complexity index is 671. The molecule has 0 aromatic carbocycles. The summed E-state index contributed by atoms with van der Waals surface area (Å²) in [6.45, 7) is 21.9. The van der Waals surface area contributed by atoms with Gasteiger partial charge in [-0.3, -0.25) is 14.5 Å². The topological polar surface area (TPSA) is 99.8 Å². The van der Waals surface area contributed by atoms with Crippen LogP contribution in [0.15, 0.2) is 0 Å².